The Morgan fingerprint density at radius 3 is 2.82 bits per heavy atom. The number of nitrogens with zero attached hydrogens (tertiary/aromatic N) is 2. The minimum absolute atomic E-state index is 0.248. The largest absolute Gasteiger partial charge is 0.508 e. The summed E-state index contributed by atoms with van der Waals surface area (Å²) in [6.07, 6.45) is 1.08. The number of ether oxygens (including phenoxy) is 2. The predicted octanol–water partition coefficient (Wildman–Crippen LogP) is 3.01. The molecule has 0 saturated carbocycles. The number of hydrogen-bond acceptors (Lipinski definition) is 4. The average Bonchev–Trinajstić information content (AvgIpc) is 3.19. The minimum atomic E-state index is 0.248. The summed E-state index contributed by atoms with van der Waals surface area (Å²) in [5.41, 5.74) is 1.98. The number of benzene rings is 2. The molecule has 0 radical (unpaired) electrons. The van der Waals surface area contributed by atoms with Gasteiger partial charge >= 0.3 is 0 Å². The molecule has 2 N–H and O–H groups in total. The lowest BCUT2D eigenvalue weighted by molar-refractivity contribution is 0.0906. The normalized spacial score (nSPS) is 17.0. The summed E-state index contributed by atoms with van der Waals surface area (Å²) in [5.74, 6) is 2.30. The number of likely N-dealkylation sites (tertiary alicyclic amines) is 1. The van der Waals surface area contributed by atoms with Gasteiger partial charge in [0.05, 0.1) is 20.3 Å². The third-order valence-corrected chi connectivity index (χ3v) is 4.99. The molecule has 6 nitrogen and oxygen atoms in total. The van der Waals surface area contributed by atoms with Crippen molar-refractivity contribution in [2.24, 2.45) is 10.9 Å². The first kappa shape index (κ1) is 20.0. The van der Waals surface area contributed by atoms with Crippen LogP contribution in [0.1, 0.15) is 17.5 Å². The summed E-state index contributed by atoms with van der Waals surface area (Å²) in [5, 5.41) is 13.4. The van der Waals surface area contributed by atoms with Crippen molar-refractivity contribution in [3.63, 3.8) is 0 Å². The summed E-state index contributed by atoms with van der Waals surface area (Å²) in [6, 6.07) is 15.5. The molecular weight excluding hydrogens is 354 g/mol. The lowest BCUT2D eigenvalue weighted by Crippen LogP contribution is -2.39. The van der Waals surface area contributed by atoms with Crippen LogP contribution in [0.25, 0.3) is 0 Å². The van der Waals surface area contributed by atoms with E-state index < -0.39 is 0 Å². The van der Waals surface area contributed by atoms with E-state index in [1.165, 1.54) is 5.56 Å². The number of hydrogen-bond donors (Lipinski definition) is 2. The highest BCUT2D eigenvalue weighted by atomic mass is 16.5. The molecule has 1 heterocycles. The SMILES string of the molecule is CN=C(NCc1cc(OC)ccc1O)N1CCC(COCc2ccccc2)C1. The van der Waals surface area contributed by atoms with E-state index in [-0.39, 0.29) is 5.75 Å². The molecule has 1 atom stereocenters. The van der Waals surface area contributed by atoms with Crippen LogP contribution in [0.2, 0.25) is 0 Å². The van der Waals surface area contributed by atoms with Crippen molar-refractivity contribution in [3.8, 4) is 11.5 Å². The van der Waals surface area contributed by atoms with Gasteiger partial charge < -0.3 is 24.8 Å². The highest BCUT2D eigenvalue weighted by Crippen LogP contribution is 2.23. The Labute approximate surface area is 166 Å². The van der Waals surface area contributed by atoms with Crippen LogP contribution in [-0.2, 0) is 17.9 Å². The van der Waals surface area contributed by atoms with E-state index in [1.54, 1.807) is 26.3 Å². The standard InChI is InChI=1S/C22H29N3O3/c1-23-22(24-13-19-12-20(27-2)8-9-21(19)26)25-11-10-18(14-25)16-28-15-17-6-4-3-5-7-17/h3-9,12,18,26H,10-11,13-16H2,1-2H3,(H,23,24). The monoisotopic (exact) mass is 383 g/mol. The molecule has 1 fully saturated rings. The molecule has 0 bridgehead atoms. The fourth-order valence-corrected chi connectivity index (χ4v) is 3.42. The van der Waals surface area contributed by atoms with Gasteiger partial charge in [-0.25, -0.2) is 0 Å². The van der Waals surface area contributed by atoms with Crippen molar-refractivity contribution in [1.29, 1.82) is 0 Å². The number of aromatic hydroxyl groups is 1. The number of phenols is 1. The lowest BCUT2D eigenvalue weighted by atomic mass is 10.1. The summed E-state index contributed by atoms with van der Waals surface area (Å²) < 4.78 is 11.1. The van der Waals surface area contributed by atoms with Crippen LogP contribution in [-0.4, -0.2) is 49.8 Å². The van der Waals surface area contributed by atoms with Gasteiger partial charge in [-0.2, -0.15) is 0 Å². The molecule has 0 amide bonds. The first-order valence-corrected chi connectivity index (χ1v) is 9.62. The van der Waals surface area contributed by atoms with Crippen LogP contribution < -0.4 is 10.1 Å². The van der Waals surface area contributed by atoms with Crippen LogP contribution in [0.5, 0.6) is 11.5 Å². The molecule has 150 valence electrons. The van der Waals surface area contributed by atoms with E-state index in [2.05, 4.69) is 27.3 Å². The summed E-state index contributed by atoms with van der Waals surface area (Å²) in [4.78, 5) is 6.64. The van der Waals surface area contributed by atoms with Gasteiger partial charge in [0.25, 0.3) is 0 Å². The van der Waals surface area contributed by atoms with Crippen molar-refractivity contribution < 1.29 is 14.6 Å². The molecule has 1 saturated heterocycles. The van der Waals surface area contributed by atoms with Crippen molar-refractivity contribution >= 4 is 5.96 Å². The molecule has 1 aliphatic rings. The molecule has 2 aromatic rings. The fraction of sp³-hybridized carbons (Fsp3) is 0.409. The van der Waals surface area contributed by atoms with Gasteiger partial charge in [-0.05, 0) is 30.2 Å². The van der Waals surface area contributed by atoms with Crippen molar-refractivity contribution in [1.82, 2.24) is 10.2 Å². The zero-order valence-electron chi connectivity index (χ0n) is 16.6. The van der Waals surface area contributed by atoms with Crippen molar-refractivity contribution in [2.45, 2.75) is 19.6 Å². The summed E-state index contributed by atoms with van der Waals surface area (Å²) >= 11 is 0. The molecule has 28 heavy (non-hydrogen) atoms. The Balaban J connectivity index is 1.46. The second kappa shape index (κ2) is 9.99. The van der Waals surface area contributed by atoms with Gasteiger partial charge in [0.1, 0.15) is 11.5 Å². The highest BCUT2D eigenvalue weighted by molar-refractivity contribution is 5.80. The molecule has 1 unspecified atom stereocenters. The molecule has 3 rings (SSSR count). The number of aliphatic imine (C=N–C) groups is 1. The minimum Gasteiger partial charge on any atom is -0.508 e. The second-order valence-electron chi connectivity index (χ2n) is 7.00. The Morgan fingerprint density at radius 1 is 1.25 bits per heavy atom. The first-order valence-electron chi connectivity index (χ1n) is 9.62. The molecule has 0 aromatic heterocycles. The molecule has 2 aromatic carbocycles. The number of methoxy groups -OCH3 is 1. The van der Waals surface area contributed by atoms with Gasteiger partial charge in [-0.15, -0.1) is 0 Å². The van der Waals surface area contributed by atoms with Crippen molar-refractivity contribution in [2.75, 3.05) is 33.9 Å². The maximum Gasteiger partial charge on any atom is 0.193 e. The summed E-state index contributed by atoms with van der Waals surface area (Å²) in [7, 11) is 3.40. The molecule has 6 heteroatoms. The molecule has 0 spiro atoms. The second-order valence-corrected chi connectivity index (χ2v) is 7.00. The van der Waals surface area contributed by atoms with Gasteiger partial charge in [0, 0.05) is 38.2 Å². The number of nitrogens with one attached hydrogen (secondary N) is 1. The quantitative estimate of drug-likeness (QED) is 0.568. The molecular formula is C22H29N3O3. The maximum atomic E-state index is 10.0. The zero-order chi connectivity index (χ0) is 19.8. The van der Waals surface area contributed by atoms with Crippen LogP contribution in [0.3, 0.4) is 0 Å². The number of phenolic OH excluding ortho intramolecular Hbond substituents is 1. The fourth-order valence-electron chi connectivity index (χ4n) is 3.42. The van der Waals surface area contributed by atoms with Gasteiger partial charge in [-0.3, -0.25) is 4.99 Å². The smallest absolute Gasteiger partial charge is 0.193 e. The van der Waals surface area contributed by atoms with Crippen molar-refractivity contribution in [3.05, 3.63) is 59.7 Å². The van der Waals surface area contributed by atoms with Crippen LogP contribution in [0.4, 0.5) is 0 Å². The van der Waals surface area contributed by atoms with Crippen LogP contribution >= 0.6 is 0 Å². The third-order valence-electron chi connectivity index (χ3n) is 4.99. The first-order chi connectivity index (χ1) is 13.7. The van der Waals surface area contributed by atoms with E-state index >= 15 is 0 Å². The Hall–Kier alpha value is -2.73. The van der Waals surface area contributed by atoms with Gasteiger partial charge in [0.2, 0.25) is 0 Å². The third kappa shape index (κ3) is 5.39. The number of rotatable bonds is 7. The predicted molar refractivity (Wildman–Crippen MR) is 111 cm³/mol. The Bertz CT molecular complexity index is 780. The van der Waals surface area contributed by atoms with Crippen LogP contribution in [0.15, 0.2) is 53.5 Å². The molecule has 1 aliphatic heterocycles. The Kier molecular flexibility index (Phi) is 7.14. The topological polar surface area (TPSA) is 66.3 Å². The van der Waals surface area contributed by atoms with E-state index in [9.17, 15) is 5.11 Å². The average molecular weight is 383 g/mol. The maximum absolute atomic E-state index is 10.0. The van der Waals surface area contributed by atoms with E-state index in [4.69, 9.17) is 9.47 Å². The Morgan fingerprint density at radius 2 is 2.07 bits per heavy atom. The number of guanidine groups is 1. The van der Waals surface area contributed by atoms with E-state index in [0.717, 1.165) is 43.4 Å². The van der Waals surface area contributed by atoms with Gasteiger partial charge in [-0.1, -0.05) is 30.3 Å². The molecule has 0 aliphatic carbocycles. The zero-order valence-corrected chi connectivity index (χ0v) is 16.6. The van der Waals surface area contributed by atoms with E-state index in [0.29, 0.717) is 19.1 Å². The van der Waals surface area contributed by atoms with E-state index in [1.807, 2.05) is 24.3 Å². The lowest BCUT2D eigenvalue weighted by Gasteiger charge is -2.22. The highest BCUT2D eigenvalue weighted by Gasteiger charge is 2.25. The van der Waals surface area contributed by atoms with Gasteiger partial charge in [0.15, 0.2) is 5.96 Å². The van der Waals surface area contributed by atoms with Crippen LogP contribution in [0, 0.1) is 5.92 Å². The summed E-state index contributed by atoms with van der Waals surface area (Å²) in [6.45, 7) is 3.75.